The molecule has 144 valence electrons. The van der Waals surface area contributed by atoms with E-state index < -0.39 is 18.0 Å². The van der Waals surface area contributed by atoms with Crippen molar-refractivity contribution < 1.29 is 23.1 Å². The highest BCUT2D eigenvalue weighted by molar-refractivity contribution is 5.92. The van der Waals surface area contributed by atoms with Crippen molar-refractivity contribution in [3.8, 4) is 0 Å². The number of aromatic nitrogens is 2. The standard InChI is InChI=1S/C17H24F2N4O3/c1-22-13(9-12(21-22)15(18)19)16(24)20-10-11-4-6-23(7-5-11)17(25)14-3-2-8-26-14/h9,11,14-15H,2-8,10H2,1H3,(H,20,24). The van der Waals surface area contributed by atoms with Crippen molar-refractivity contribution in [1.82, 2.24) is 20.0 Å². The third kappa shape index (κ3) is 4.20. The van der Waals surface area contributed by atoms with Gasteiger partial charge in [-0.2, -0.15) is 5.10 Å². The summed E-state index contributed by atoms with van der Waals surface area (Å²) < 4.78 is 31.9. The SMILES string of the molecule is Cn1nc(C(F)F)cc1C(=O)NCC1CCN(C(=O)C2CCCO2)CC1. The second-order valence-corrected chi connectivity index (χ2v) is 6.86. The van der Waals surface area contributed by atoms with E-state index in [0.717, 1.165) is 31.7 Å². The molecule has 26 heavy (non-hydrogen) atoms. The minimum absolute atomic E-state index is 0.0689. The summed E-state index contributed by atoms with van der Waals surface area (Å²) in [6, 6.07) is 1.11. The van der Waals surface area contributed by atoms with Crippen LogP contribution in [0.2, 0.25) is 0 Å². The molecule has 7 nitrogen and oxygen atoms in total. The van der Waals surface area contributed by atoms with Crippen LogP contribution in [-0.4, -0.2) is 58.8 Å². The normalized spacial score (nSPS) is 21.4. The van der Waals surface area contributed by atoms with E-state index in [1.807, 2.05) is 4.90 Å². The number of carbonyl (C=O) groups excluding carboxylic acids is 2. The number of alkyl halides is 2. The molecule has 2 aliphatic rings. The van der Waals surface area contributed by atoms with Gasteiger partial charge in [-0.05, 0) is 37.7 Å². The molecule has 1 aromatic heterocycles. The van der Waals surface area contributed by atoms with Crippen molar-refractivity contribution in [2.45, 2.75) is 38.2 Å². The number of rotatable bonds is 5. The van der Waals surface area contributed by atoms with Crippen LogP contribution in [0.1, 0.15) is 48.3 Å². The Kier molecular flexibility index (Phi) is 5.85. The maximum Gasteiger partial charge on any atom is 0.282 e. The van der Waals surface area contributed by atoms with Crippen LogP contribution >= 0.6 is 0 Å². The average Bonchev–Trinajstić information content (AvgIpc) is 3.29. The molecule has 0 bridgehead atoms. The lowest BCUT2D eigenvalue weighted by Crippen LogP contribution is -2.45. The van der Waals surface area contributed by atoms with Gasteiger partial charge in [0.05, 0.1) is 0 Å². The molecule has 2 amide bonds. The summed E-state index contributed by atoms with van der Waals surface area (Å²) in [5.74, 6) is -0.0838. The van der Waals surface area contributed by atoms with Gasteiger partial charge in [0.2, 0.25) is 0 Å². The van der Waals surface area contributed by atoms with E-state index in [1.165, 1.54) is 11.7 Å². The number of carbonyl (C=O) groups is 2. The van der Waals surface area contributed by atoms with Gasteiger partial charge < -0.3 is 15.0 Å². The van der Waals surface area contributed by atoms with Gasteiger partial charge in [-0.15, -0.1) is 0 Å². The molecule has 0 aromatic carbocycles. The van der Waals surface area contributed by atoms with Crippen molar-refractivity contribution in [1.29, 1.82) is 0 Å². The fourth-order valence-electron chi connectivity index (χ4n) is 3.47. The van der Waals surface area contributed by atoms with Crippen molar-refractivity contribution in [3.63, 3.8) is 0 Å². The number of hydrogen-bond acceptors (Lipinski definition) is 4. The first kappa shape index (κ1) is 18.8. The summed E-state index contributed by atoms with van der Waals surface area (Å²) in [5, 5.41) is 6.43. The molecule has 1 aromatic rings. The molecular weight excluding hydrogens is 346 g/mol. The molecule has 0 spiro atoms. The lowest BCUT2D eigenvalue weighted by atomic mass is 9.96. The molecule has 2 aliphatic heterocycles. The summed E-state index contributed by atoms with van der Waals surface area (Å²) in [4.78, 5) is 26.3. The van der Waals surface area contributed by atoms with Crippen LogP contribution in [0.4, 0.5) is 8.78 Å². The zero-order chi connectivity index (χ0) is 18.7. The lowest BCUT2D eigenvalue weighted by Gasteiger charge is -2.33. The van der Waals surface area contributed by atoms with Gasteiger partial charge in [0.25, 0.3) is 18.2 Å². The summed E-state index contributed by atoms with van der Waals surface area (Å²) in [5.41, 5.74) is -0.287. The first-order chi connectivity index (χ1) is 12.5. The number of ether oxygens (including phenoxy) is 1. The van der Waals surface area contributed by atoms with Crippen molar-refractivity contribution in [2.24, 2.45) is 13.0 Å². The molecule has 2 fully saturated rings. The number of nitrogens with one attached hydrogen (secondary N) is 1. The Bertz CT molecular complexity index is 650. The monoisotopic (exact) mass is 370 g/mol. The first-order valence-electron chi connectivity index (χ1n) is 8.96. The highest BCUT2D eigenvalue weighted by Crippen LogP contribution is 2.21. The fraction of sp³-hybridized carbons (Fsp3) is 0.706. The van der Waals surface area contributed by atoms with Crippen LogP contribution in [0.3, 0.4) is 0 Å². The van der Waals surface area contributed by atoms with Gasteiger partial charge in [0.15, 0.2) is 0 Å². The second kappa shape index (κ2) is 8.11. The van der Waals surface area contributed by atoms with Crippen LogP contribution in [0, 0.1) is 5.92 Å². The Morgan fingerprint density at radius 1 is 1.35 bits per heavy atom. The molecule has 3 rings (SSSR count). The number of piperidine rings is 1. The van der Waals surface area contributed by atoms with Gasteiger partial charge in [-0.3, -0.25) is 14.3 Å². The molecule has 0 aliphatic carbocycles. The topological polar surface area (TPSA) is 76.5 Å². The zero-order valence-electron chi connectivity index (χ0n) is 14.8. The van der Waals surface area contributed by atoms with Crippen LogP contribution in [0.15, 0.2) is 6.07 Å². The van der Waals surface area contributed by atoms with Gasteiger partial charge in [0, 0.05) is 33.3 Å². The minimum atomic E-state index is -2.70. The Balaban J connectivity index is 1.45. The van der Waals surface area contributed by atoms with Gasteiger partial charge in [0.1, 0.15) is 17.5 Å². The molecule has 3 heterocycles. The average molecular weight is 370 g/mol. The second-order valence-electron chi connectivity index (χ2n) is 6.86. The predicted octanol–water partition coefficient (Wildman–Crippen LogP) is 1.51. The smallest absolute Gasteiger partial charge is 0.282 e. The number of amides is 2. The number of likely N-dealkylation sites (tertiary alicyclic amines) is 1. The number of aryl methyl sites for hydroxylation is 1. The van der Waals surface area contributed by atoms with Crippen LogP contribution in [0.25, 0.3) is 0 Å². The van der Waals surface area contributed by atoms with Crippen LogP contribution in [-0.2, 0) is 16.6 Å². The molecule has 9 heteroatoms. The molecular formula is C17H24F2N4O3. The van der Waals surface area contributed by atoms with Crippen LogP contribution in [0.5, 0.6) is 0 Å². The minimum Gasteiger partial charge on any atom is -0.368 e. The van der Waals surface area contributed by atoms with E-state index in [-0.39, 0.29) is 23.6 Å². The summed E-state index contributed by atoms with van der Waals surface area (Å²) in [6.45, 7) is 2.41. The summed E-state index contributed by atoms with van der Waals surface area (Å²) in [7, 11) is 1.47. The number of nitrogens with zero attached hydrogens (tertiary/aromatic N) is 3. The Labute approximate surface area is 150 Å². The number of hydrogen-bond donors (Lipinski definition) is 1. The lowest BCUT2D eigenvalue weighted by molar-refractivity contribution is -0.142. The van der Waals surface area contributed by atoms with Gasteiger partial charge >= 0.3 is 0 Å². The van der Waals surface area contributed by atoms with Crippen molar-refractivity contribution >= 4 is 11.8 Å². The zero-order valence-corrected chi connectivity index (χ0v) is 14.8. The van der Waals surface area contributed by atoms with Gasteiger partial charge in [-0.25, -0.2) is 8.78 Å². The number of halogens is 2. The maximum atomic E-state index is 12.7. The third-order valence-electron chi connectivity index (χ3n) is 5.04. The predicted molar refractivity (Wildman–Crippen MR) is 88.8 cm³/mol. The van der Waals surface area contributed by atoms with E-state index in [1.54, 1.807) is 0 Å². The molecule has 0 radical (unpaired) electrons. The summed E-state index contributed by atoms with van der Waals surface area (Å²) >= 11 is 0. The largest absolute Gasteiger partial charge is 0.368 e. The van der Waals surface area contributed by atoms with Gasteiger partial charge in [-0.1, -0.05) is 0 Å². The first-order valence-corrected chi connectivity index (χ1v) is 8.96. The third-order valence-corrected chi connectivity index (χ3v) is 5.04. The maximum absolute atomic E-state index is 12.7. The molecule has 0 saturated carbocycles. The molecule has 1 unspecified atom stereocenters. The molecule has 1 atom stereocenters. The highest BCUT2D eigenvalue weighted by atomic mass is 19.3. The molecule has 1 N–H and O–H groups in total. The fourth-order valence-corrected chi connectivity index (χ4v) is 3.47. The van der Waals surface area contributed by atoms with E-state index in [2.05, 4.69) is 10.4 Å². The Morgan fingerprint density at radius 2 is 2.08 bits per heavy atom. The van der Waals surface area contributed by atoms with E-state index in [0.29, 0.717) is 26.2 Å². The quantitative estimate of drug-likeness (QED) is 0.852. The van der Waals surface area contributed by atoms with Crippen LogP contribution < -0.4 is 5.32 Å². The van der Waals surface area contributed by atoms with Crippen molar-refractivity contribution in [3.05, 3.63) is 17.5 Å². The van der Waals surface area contributed by atoms with E-state index in [9.17, 15) is 18.4 Å². The molecule has 2 saturated heterocycles. The highest BCUT2D eigenvalue weighted by Gasteiger charge is 2.31. The van der Waals surface area contributed by atoms with E-state index in [4.69, 9.17) is 4.74 Å². The Hall–Kier alpha value is -2.03. The van der Waals surface area contributed by atoms with E-state index >= 15 is 0 Å². The Morgan fingerprint density at radius 3 is 2.65 bits per heavy atom. The summed E-state index contributed by atoms with van der Waals surface area (Å²) in [6.07, 6.45) is 0.327. The van der Waals surface area contributed by atoms with Crippen molar-refractivity contribution in [2.75, 3.05) is 26.2 Å².